The fourth-order valence-corrected chi connectivity index (χ4v) is 15.2. The van der Waals surface area contributed by atoms with Crippen LogP contribution in [0.15, 0.2) is 397 Å². The molecule has 19 rings (SSSR count). The van der Waals surface area contributed by atoms with Crippen LogP contribution in [0.25, 0.3) is 154 Å². The van der Waals surface area contributed by atoms with Crippen LogP contribution in [-0.2, 0) is 0 Å². The lowest BCUT2D eigenvalue weighted by Gasteiger charge is -2.31. The minimum absolute atomic E-state index is 0.806. The molecule has 478 valence electrons. The first-order valence-electron chi connectivity index (χ1n) is 34.8. The van der Waals surface area contributed by atoms with Crippen molar-refractivity contribution >= 4 is 99.5 Å². The summed E-state index contributed by atoms with van der Waals surface area (Å²) in [6.45, 7) is 0. The van der Waals surface area contributed by atoms with Gasteiger partial charge >= 0.3 is 0 Å². The molecule has 0 N–H and O–H groups in total. The highest BCUT2D eigenvalue weighted by atomic mass is 16.3. The Bertz CT molecular complexity index is 5690. The molecular formula is C98H64N2O2. The summed E-state index contributed by atoms with van der Waals surface area (Å²) >= 11 is 0. The second-order valence-electron chi connectivity index (χ2n) is 26.3. The maximum Gasteiger partial charge on any atom is 0.136 e. The molecule has 0 radical (unpaired) electrons. The number of anilines is 6. The van der Waals surface area contributed by atoms with E-state index < -0.39 is 0 Å². The van der Waals surface area contributed by atoms with E-state index in [4.69, 9.17) is 8.83 Å². The van der Waals surface area contributed by atoms with E-state index in [0.717, 1.165) is 189 Å². The first-order valence-corrected chi connectivity index (χ1v) is 34.8. The Balaban J connectivity index is 0.768. The van der Waals surface area contributed by atoms with Gasteiger partial charge in [-0.05, 0) is 198 Å². The van der Waals surface area contributed by atoms with Crippen LogP contribution in [0, 0.1) is 0 Å². The maximum atomic E-state index is 7.02. The SMILES string of the molecule is c1ccc(-c2ccc(N(c3ccc4cc5c(cc4c3)oc3ccc4oc6cc7cc(N(c8ccc(-c9ccccc9)cc8-c8ccccc8)c8ccc(-c9ccccc9)cc8-c8ccccc8)ccc7cc6c4c35)c3ccc(-c4ccccc4)cc3-c3ccccc3)c(-c3ccccc3)c2)cc1. The van der Waals surface area contributed by atoms with Gasteiger partial charge in [0.25, 0.3) is 0 Å². The highest BCUT2D eigenvalue weighted by Crippen LogP contribution is 2.51. The summed E-state index contributed by atoms with van der Waals surface area (Å²) in [4.78, 5) is 4.91. The fraction of sp³-hybridized carbons (Fsp3) is 0. The van der Waals surface area contributed by atoms with Crippen molar-refractivity contribution in [3.8, 4) is 89.0 Å². The standard InChI is InChI=1S/C98H64N2O2/c1-9-25-65(26-10-1)73-43-49-89(83(57-73)69-33-17-5-18-34-69)99(90-50-44-74(66-27-11-2-12-28-66)58-84(90)70-35-19-6-20-36-70)81-47-41-77-61-87-95(63-79(77)55-81)101-93-53-54-94-98(97(87)93)88-62-78-42-48-82(56-80(78)64-96(88)102-94)100(91-51-45-75(67-29-13-3-14-30-67)59-85(91)71-37-21-7-22-38-71)92-52-46-76(68-31-15-4-16-32-68)60-86(92)72-39-23-8-24-40-72/h1-64H. The summed E-state index contributed by atoms with van der Waals surface area (Å²) in [5.41, 5.74) is 27.7. The predicted octanol–water partition coefficient (Wildman–Crippen LogP) is 28.1. The molecule has 0 aliphatic rings. The highest BCUT2D eigenvalue weighted by Gasteiger charge is 2.27. The third-order valence-corrected chi connectivity index (χ3v) is 20.2. The average Bonchev–Trinajstić information content (AvgIpc) is 1.48. The zero-order valence-corrected chi connectivity index (χ0v) is 55.7. The van der Waals surface area contributed by atoms with Gasteiger partial charge in [0.05, 0.1) is 22.7 Å². The van der Waals surface area contributed by atoms with Gasteiger partial charge < -0.3 is 18.6 Å². The number of furan rings is 2. The van der Waals surface area contributed by atoms with E-state index in [1.807, 2.05) is 0 Å². The minimum atomic E-state index is 0.806. The molecule has 0 amide bonds. The van der Waals surface area contributed by atoms with Crippen LogP contribution >= 0.6 is 0 Å². The Morgan fingerprint density at radius 3 is 0.686 bits per heavy atom. The number of nitrogens with zero attached hydrogens (tertiary/aromatic N) is 2. The second kappa shape index (κ2) is 25.4. The van der Waals surface area contributed by atoms with Crippen molar-refractivity contribution in [3.63, 3.8) is 0 Å². The van der Waals surface area contributed by atoms with E-state index in [9.17, 15) is 0 Å². The van der Waals surface area contributed by atoms with Crippen LogP contribution in [0.5, 0.6) is 0 Å². The molecule has 0 unspecified atom stereocenters. The zero-order valence-electron chi connectivity index (χ0n) is 55.7. The van der Waals surface area contributed by atoms with Crippen molar-refractivity contribution in [1.82, 2.24) is 0 Å². The molecular weight excluding hydrogens is 1240 g/mol. The van der Waals surface area contributed by atoms with Crippen molar-refractivity contribution in [2.45, 2.75) is 0 Å². The van der Waals surface area contributed by atoms with Gasteiger partial charge in [0.1, 0.15) is 22.3 Å². The van der Waals surface area contributed by atoms with Gasteiger partial charge in [-0.15, -0.1) is 0 Å². The van der Waals surface area contributed by atoms with Crippen LogP contribution in [0.2, 0.25) is 0 Å². The molecule has 102 heavy (non-hydrogen) atoms. The predicted molar refractivity (Wildman–Crippen MR) is 429 cm³/mol. The second-order valence-corrected chi connectivity index (χ2v) is 26.3. The van der Waals surface area contributed by atoms with Gasteiger partial charge in [0.2, 0.25) is 0 Å². The Kier molecular flexibility index (Phi) is 14.9. The van der Waals surface area contributed by atoms with E-state index in [1.165, 1.54) is 0 Å². The van der Waals surface area contributed by atoms with E-state index >= 15 is 0 Å². The molecule has 19 aromatic rings. The van der Waals surface area contributed by atoms with Gasteiger partial charge in [-0.1, -0.05) is 279 Å². The van der Waals surface area contributed by atoms with E-state index in [1.54, 1.807) is 0 Å². The van der Waals surface area contributed by atoms with Gasteiger partial charge in [-0.25, -0.2) is 0 Å². The molecule has 0 atom stereocenters. The van der Waals surface area contributed by atoms with Crippen LogP contribution in [-0.4, -0.2) is 0 Å². The van der Waals surface area contributed by atoms with Crippen LogP contribution in [0.4, 0.5) is 34.1 Å². The Hall–Kier alpha value is -13.5. The molecule has 0 saturated heterocycles. The normalized spacial score (nSPS) is 11.5. The summed E-state index contributed by atoms with van der Waals surface area (Å²) in [5.74, 6) is 0. The molecule has 4 heteroatoms. The quantitative estimate of drug-likeness (QED) is 0.109. The summed E-state index contributed by atoms with van der Waals surface area (Å²) in [7, 11) is 0. The van der Waals surface area contributed by atoms with E-state index in [0.29, 0.717) is 0 Å². The molecule has 0 bridgehead atoms. The lowest BCUT2D eigenvalue weighted by atomic mass is 9.93. The molecule has 0 fully saturated rings. The van der Waals surface area contributed by atoms with Gasteiger partial charge in [0, 0.05) is 55.2 Å². The lowest BCUT2D eigenvalue weighted by molar-refractivity contribution is 0.663. The molecule has 2 aromatic heterocycles. The van der Waals surface area contributed by atoms with Gasteiger partial charge in [-0.2, -0.15) is 0 Å². The zero-order chi connectivity index (χ0) is 67.5. The molecule has 0 aliphatic carbocycles. The molecule has 0 spiro atoms. The smallest absolute Gasteiger partial charge is 0.136 e. The summed E-state index contributed by atoms with van der Waals surface area (Å²) in [5, 5.41) is 8.45. The number of hydrogen-bond acceptors (Lipinski definition) is 4. The Labute approximate surface area is 591 Å². The first-order chi connectivity index (χ1) is 50.5. The lowest BCUT2D eigenvalue weighted by Crippen LogP contribution is -2.13. The van der Waals surface area contributed by atoms with Crippen LogP contribution in [0.3, 0.4) is 0 Å². The monoisotopic (exact) mass is 1300 g/mol. The van der Waals surface area contributed by atoms with Gasteiger partial charge in [-0.3, -0.25) is 0 Å². The number of benzene rings is 17. The van der Waals surface area contributed by atoms with Crippen molar-refractivity contribution in [1.29, 1.82) is 0 Å². The summed E-state index contributed by atoms with van der Waals surface area (Å²) < 4.78 is 14.0. The molecule has 4 nitrogen and oxygen atoms in total. The largest absolute Gasteiger partial charge is 0.456 e. The third-order valence-electron chi connectivity index (χ3n) is 20.2. The molecule has 2 heterocycles. The third kappa shape index (κ3) is 10.8. The number of hydrogen-bond donors (Lipinski definition) is 0. The summed E-state index contributed by atoms with van der Waals surface area (Å²) in [6.07, 6.45) is 0. The molecule has 17 aromatic carbocycles. The van der Waals surface area contributed by atoms with Crippen molar-refractivity contribution in [3.05, 3.63) is 388 Å². The fourth-order valence-electron chi connectivity index (χ4n) is 15.2. The number of fused-ring (bicyclic) bond motifs is 9. The minimum Gasteiger partial charge on any atom is -0.456 e. The number of rotatable bonds is 14. The van der Waals surface area contributed by atoms with Crippen LogP contribution in [0.1, 0.15) is 0 Å². The van der Waals surface area contributed by atoms with Gasteiger partial charge in [0.15, 0.2) is 0 Å². The summed E-state index contributed by atoms with van der Waals surface area (Å²) in [6, 6.07) is 141. The molecule has 0 saturated carbocycles. The van der Waals surface area contributed by atoms with Crippen molar-refractivity contribution in [2.24, 2.45) is 0 Å². The highest BCUT2D eigenvalue weighted by molar-refractivity contribution is 6.28. The van der Waals surface area contributed by atoms with E-state index in [2.05, 4.69) is 398 Å². The van der Waals surface area contributed by atoms with Crippen LogP contribution < -0.4 is 9.80 Å². The Morgan fingerprint density at radius 1 is 0.167 bits per heavy atom. The topological polar surface area (TPSA) is 32.8 Å². The van der Waals surface area contributed by atoms with Crippen molar-refractivity contribution < 1.29 is 8.83 Å². The Morgan fingerprint density at radius 2 is 0.422 bits per heavy atom. The molecule has 0 aliphatic heterocycles. The average molecular weight is 1300 g/mol. The van der Waals surface area contributed by atoms with E-state index in [-0.39, 0.29) is 0 Å². The van der Waals surface area contributed by atoms with Crippen molar-refractivity contribution in [2.75, 3.05) is 9.80 Å². The first kappa shape index (κ1) is 59.7. The maximum absolute atomic E-state index is 7.02.